The van der Waals surface area contributed by atoms with Gasteiger partial charge in [0.1, 0.15) is 6.04 Å². The van der Waals surface area contributed by atoms with Crippen LogP contribution in [0.2, 0.25) is 0 Å². The number of methoxy groups -OCH3 is 1. The van der Waals surface area contributed by atoms with Crippen molar-refractivity contribution in [3.05, 3.63) is 35.9 Å². The molecular formula is C18H27N3O2. The van der Waals surface area contributed by atoms with Gasteiger partial charge >= 0.3 is 0 Å². The van der Waals surface area contributed by atoms with Gasteiger partial charge in [-0.3, -0.25) is 4.79 Å². The minimum Gasteiger partial charge on any atom is -0.385 e. The van der Waals surface area contributed by atoms with Crippen LogP contribution in [0.4, 0.5) is 0 Å². The largest absolute Gasteiger partial charge is 0.385 e. The van der Waals surface area contributed by atoms with Crippen LogP contribution in [0.15, 0.2) is 30.3 Å². The molecule has 0 radical (unpaired) electrons. The second-order valence-electron chi connectivity index (χ2n) is 6.59. The average molecular weight is 317 g/mol. The highest BCUT2D eigenvalue weighted by Crippen LogP contribution is 2.25. The lowest BCUT2D eigenvalue weighted by atomic mass is 9.93. The normalized spacial score (nSPS) is 25.7. The lowest BCUT2D eigenvalue weighted by molar-refractivity contribution is -0.134. The van der Waals surface area contributed by atoms with Crippen LogP contribution in [0.1, 0.15) is 37.3 Å². The number of hydrogen-bond donors (Lipinski definition) is 2. The molecule has 2 fully saturated rings. The molecule has 2 saturated heterocycles. The molecule has 2 unspecified atom stereocenters. The summed E-state index contributed by atoms with van der Waals surface area (Å²) in [6.45, 7) is 2.58. The molecule has 0 aromatic heterocycles. The van der Waals surface area contributed by atoms with Crippen molar-refractivity contribution in [1.29, 1.82) is 0 Å². The van der Waals surface area contributed by atoms with E-state index in [0.29, 0.717) is 5.92 Å². The van der Waals surface area contributed by atoms with E-state index in [1.54, 1.807) is 7.11 Å². The first-order chi connectivity index (χ1) is 11.3. The second-order valence-corrected chi connectivity index (χ2v) is 6.59. The van der Waals surface area contributed by atoms with Gasteiger partial charge in [0.2, 0.25) is 5.91 Å². The van der Waals surface area contributed by atoms with Crippen LogP contribution >= 0.6 is 0 Å². The van der Waals surface area contributed by atoms with E-state index in [9.17, 15) is 4.79 Å². The predicted molar refractivity (Wildman–Crippen MR) is 89.7 cm³/mol. The monoisotopic (exact) mass is 317 g/mol. The highest BCUT2D eigenvalue weighted by atomic mass is 16.5. The third kappa shape index (κ3) is 4.10. The number of piperidine rings is 1. The van der Waals surface area contributed by atoms with E-state index in [0.717, 1.165) is 45.4 Å². The van der Waals surface area contributed by atoms with Crippen LogP contribution in [0.5, 0.6) is 0 Å². The molecule has 2 aliphatic rings. The number of ether oxygens (including phenoxy) is 1. The van der Waals surface area contributed by atoms with Crippen molar-refractivity contribution in [1.82, 2.24) is 15.8 Å². The van der Waals surface area contributed by atoms with Crippen molar-refractivity contribution in [2.45, 2.75) is 37.8 Å². The number of carbonyl (C=O) groups excluding carboxylic acids is 1. The fourth-order valence-corrected chi connectivity index (χ4v) is 3.57. The van der Waals surface area contributed by atoms with Crippen molar-refractivity contribution < 1.29 is 9.53 Å². The summed E-state index contributed by atoms with van der Waals surface area (Å²) in [6, 6.07) is 10.4. The van der Waals surface area contributed by atoms with Gasteiger partial charge in [-0.25, -0.2) is 10.9 Å². The molecule has 0 spiro atoms. The zero-order valence-electron chi connectivity index (χ0n) is 13.8. The summed E-state index contributed by atoms with van der Waals surface area (Å²) in [7, 11) is 1.75. The summed E-state index contributed by atoms with van der Waals surface area (Å²) in [4.78, 5) is 14.7. The molecule has 126 valence electrons. The predicted octanol–water partition coefficient (Wildman–Crippen LogP) is 1.87. The maximum Gasteiger partial charge on any atom is 0.241 e. The summed E-state index contributed by atoms with van der Waals surface area (Å²) in [5.74, 6) is 0.937. The molecule has 3 rings (SSSR count). The highest BCUT2D eigenvalue weighted by molar-refractivity contribution is 5.82. The van der Waals surface area contributed by atoms with Crippen LogP contribution in [-0.4, -0.2) is 43.7 Å². The lowest BCUT2D eigenvalue weighted by Gasteiger charge is -2.33. The summed E-state index contributed by atoms with van der Waals surface area (Å²) in [6.07, 6.45) is 4.11. The number of carbonyl (C=O) groups is 1. The van der Waals surface area contributed by atoms with Crippen LogP contribution in [0.3, 0.4) is 0 Å². The van der Waals surface area contributed by atoms with Gasteiger partial charge < -0.3 is 9.64 Å². The molecule has 23 heavy (non-hydrogen) atoms. The molecule has 2 N–H and O–H groups in total. The Morgan fingerprint density at radius 1 is 1.22 bits per heavy atom. The minimum atomic E-state index is -0.115. The smallest absolute Gasteiger partial charge is 0.241 e. The molecule has 0 aliphatic carbocycles. The van der Waals surface area contributed by atoms with E-state index in [2.05, 4.69) is 23.0 Å². The third-order valence-corrected chi connectivity index (χ3v) is 5.06. The quantitative estimate of drug-likeness (QED) is 0.870. The average Bonchev–Trinajstić information content (AvgIpc) is 3.11. The minimum absolute atomic E-state index is 0.115. The van der Waals surface area contributed by atoms with Gasteiger partial charge in [0.05, 0.1) is 0 Å². The Labute approximate surface area is 138 Å². The van der Waals surface area contributed by atoms with Crippen molar-refractivity contribution >= 4 is 5.91 Å². The Balaban J connectivity index is 1.48. The van der Waals surface area contributed by atoms with Gasteiger partial charge in [-0.05, 0) is 37.2 Å². The van der Waals surface area contributed by atoms with E-state index in [-0.39, 0.29) is 18.0 Å². The van der Waals surface area contributed by atoms with E-state index >= 15 is 0 Å². The Kier molecular flexibility index (Phi) is 5.65. The molecule has 0 saturated carbocycles. The van der Waals surface area contributed by atoms with Crippen molar-refractivity contribution in [3.63, 3.8) is 0 Å². The van der Waals surface area contributed by atoms with Crippen LogP contribution in [0, 0.1) is 5.92 Å². The van der Waals surface area contributed by atoms with Gasteiger partial charge in [0.25, 0.3) is 0 Å². The molecule has 1 aromatic rings. The molecular weight excluding hydrogens is 290 g/mol. The Hall–Kier alpha value is -1.43. The van der Waals surface area contributed by atoms with Gasteiger partial charge in [0, 0.05) is 32.8 Å². The SMILES string of the molecule is COCCC1CCN(C(=O)C2CC(c3ccccc3)NN2)CC1. The molecule has 5 nitrogen and oxygen atoms in total. The number of likely N-dealkylation sites (tertiary alicyclic amines) is 1. The van der Waals surface area contributed by atoms with Gasteiger partial charge in [-0.15, -0.1) is 0 Å². The van der Waals surface area contributed by atoms with Crippen molar-refractivity contribution in [2.24, 2.45) is 5.92 Å². The Morgan fingerprint density at radius 3 is 2.65 bits per heavy atom. The first kappa shape index (κ1) is 16.4. The molecule has 2 aliphatic heterocycles. The molecule has 0 bridgehead atoms. The maximum atomic E-state index is 12.7. The number of rotatable bonds is 5. The lowest BCUT2D eigenvalue weighted by Crippen LogP contribution is -2.48. The number of hydrogen-bond acceptors (Lipinski definition) is 4. The second kappa shape index (κ2) is 7.90. The molecule has 1 amide bonds. The summed E-state index contributed by atoms with van der Waals surface area (Å²) in [5, 5.41) is 0. The number of nitrogens with zero attached hydrogens (tertiary/aromatic N) is 1. The van der Waals surface area contributed by atoms with Gasteiger partial charge in [0.15, 0.2) is 0 Å². The third-order valence-electron chi connectivity index (χ3n) is 5.06. The topological polar surface area (TPSA) is 53.6 Å². The summed E-state index contributed by atoms with van der Waals surface area (Å²) < 4.78 is 5.16. The first-order valence-electron chi connectivity index (χ1n) is 8.61. The van der Waals surface area contributed by atoms with Crippen molar-refractivity contribution in [2.75, 3.05) is 26.8 Å². The van der Waals surface area contributed by atoms with Gasteiger partial charge in [-0.1, -0.05) is 30.3 Å². The number of hydrazine groups is 1. The maximum absolute atomic E-state index is 12.7. The number of nitrogens with one attached hydrogen (secondary N) is 2. The highest BCUT2D eigenvalue weighted by Gasteiger charge is 2.34. The Bertz CT molecular complexity index is 500. The molecule has 5 heteroatoms. The first-order valence-corrected chi connectivity index (χ1v) is 8.61. The van der Waals surface area contributed by atoms with E-state index in [1.165, 1.54) is 5.56 Å². The fourth-order valence-electron chi connectivity index (χ4n) is 3.57. The zero-order valence-corrected chi connectivity index (χ0v) is 13.8. The van der Waals surface area contributed by atoms with Crippen molar-refractivity contribution in [3.8, 4) is 0 Å². The standard InChI is InChI=1S/C18H27N3O2/c1-23-12-9-14-7-10-21(11-8-14)18(22)17-13-16(19-20-17)15-5-3-2-4-6-15/h2-6,14,16-17,19-20H,7-13H2,1H3. The van der Waals surface area contributed by atoms with E-state index in [4.69, 9.17) is 4.74 Å². The zero-order chi connectivity index (χ0) is 16.1. The summed E-state index contributed by atoms with van der Waals surface area (Å²) >= 11 is 0. The number of amides is 1. The summed E-state index contributed by atoms with van der Waals surface area (Å²) in [5.41, 5.74) is 7.68. The van der Waals surface area contributed by atoms with Gasteiger partial charge in [-0.2, -0.15) is 0 Å². The van der Waals surface area contributed by atoms with Crippen LogP contribution in [0.25, 0.3) is 0 Å². The Morgan fingerprint density at radius 2 is 1.96 bits per heavy atom. The molecule has 2 heterocycles. The van der Waals surface area contributed by atoms with Crippen LogP contribution in [-0.2, 0) is 9.53 Å². The number of benzene rings is 1. The van der Waals surface area contributed by atoms with E-state index < -0.39 is 0 Å². The molecule has 2 atom stereocenters. The van der Waals surface area contributed by atoms with E-state index in [1.807, 2.05) is 23.1 Å². The molecule has 1 aromatic carbocycles. The van der Waals surface area contributed by atoms with Crippen LogP contribution < -0.4 is 10.9 Å². The fraction of sp³-hybridized carbons (Fsp3) is 0.611.